The van der Waals surface area contributed by atoms with Gasteiger partial charge < -0.3 is 19.5 Å². The van der Waals surface area contributed by atoms with Gasteiger partial charge in [0.1, 0.15) is 12.9 Å². The minimum atomic E-state index is -0.536. The number of alkyl carbamates (subject to hydrolysis) is 1. The van der Waals surface area contributed by atoms with Crippen LogP contribution < -0.4 is 5.32 Å². The first-order valence-electron chi connectivity index (χ1n) is 7.38. The van der Waals surface area contributed by atoms with Crippen molar-refractivity contribution >= 4 is 17.7 Å². The summed E-state index contributed by atoms with van der Waals surface area (Å²) in [5.74, 6) is 0. The second-order valence-electron chi connectivity index (χ2n) is 5.59. The van der Waals surface area contributed by atoms with Crippen molar-refractivity contribution in [2.75, 3.05) is 13.9 Å². The molecule has 0 fully saturated rings. The maximum atomic E-state index is 12.0. The Bertz CT molecular complexity index is 521. The fourth-order valence-electron chi connectivity index (χ4n) is 2.60. The van der Waals surface area contributed by atoms with Crippen LogP contribution in [0.4, 0.5) is 4.79 Å². The number of halogens is 1. The molecule has 0 spiro atoms. The van der Waals surface area contributed by atoms with E-state index in [0.717, 1.165) is 24.0 Å². The summed E-state index contributed by atoms with van der Waals surface area (Å²) < 4.78 is 16.3. The van der Waals surface area contributed by atoms with Crippen molar-refractivity contribution in [2.45, 2.75) is 44.9 Å². The molecule has 0 aliphatic heterocycles. The molecule has 2 unspecified atom stereocenters. The van der Waals surface area contributed by atoms with Gasteiger partial charge in [-0.25, -0.2) is 4.79 Å². The number of hydrogen-bond donors (Lipinski definition) is 1. The number of amides is 1. The Labute approximate surface area is 135 Å². The number of carbonyl (C=O) groups is 1. The van der Waals surface area contributed by atoms with E-state index < -0.39 is 12.2 Å². The zero-order valence-corrected chi connectivity index (χ0v) is 13.9. The Morgan fingerprint density at radius 2 is 2.23 bits per heavy atom. The van der Waals surface area contributed by atoms with E-state index in [1.54, 1.807) is 13.2 Å². The predicted molar refractivity (Wildman–Crippen MR) is 84.0 cm³/mol. The number of rotatable bonds is 5. The van der Waals surface area contributed by atoms with Crippen LogP contribution in [0.5, 0.6) is 0 Å². The molecule has 2 rings (SSSR count). The van der Waals surface area contributed by atoms with E-state index in [2.05, 4.69) is 5.32 Å². The lowest BCUT2D eigenvalue weighted by atomic mass is 9.87. The highest BCUT2D eigenvalue weighted by Crippen LogP contribution is 2.38. The van der Waals surface area contributed by atoms with E-state index in [1.807, 2.05) is 26.0 Å². The Morgan fingerprint density at radius 3 is 2.91 bits per heavy atom. The molecule has 2 atom stereocenters. The molecule has 0 heterocycles. The topological polar surface area (TPSA) is 56.8 Å². The van der Waals surface area contributed by atoms with Crippen LogP contribution >= 0.6 is 11.6 Å². The van der Waals surface area contributed by atoms with Crippen LogP contribution in [0.25, 0.3) is 0 Å². The molecule has 0 saturated carbocycles. The Kier molecular flexibility index (Phi) is 6.06. The zero-order chi connectivity index (χ0) is 16.1. The molecule has 1 aromatic rings. The summed E-state index contributed by atoms with van der Waals surface area (Å²) in [4.78, 5) is 12.0. The number of aryl methyl sites for hydroxylation is 1. The van der Waals surface area contributed by atoms with Crippen LogP contribution in [0.2, 0.25) is 5.02 Å². The highest BCUT2D eigenvalue weighted by molar-refractivity contribution is 6.31. The highest BCUT2D eigenvalue weighted by Gasteiger charge is 2.35. The molecule has 1 aliphatic carbocycles. The quantitative estimate of drug-likeness (QED) is 0.842. The number of benzene rings is 1. The summed E-state index contributed by atoms with van der Waals surface area (Å²) in [6.45, 7) is 3.90. The average molecular weight is 328 g/mol. The molecule has 1 aliphatic rings. The van der Waals surface area contributed by atoms with Crippen molar-refractivity contribution in [1.82, 2.24) is 5.32 Å². The van der Waals surface area contributed by atoms with Crippen molar-refractivity contribution in [3.05, 3.63) is 34.3 Å². The number of ether oxygens (including phenoxy) is 3. The molecule has 22 heavy (non-hydrogen) atoms. The second kappa shape index (κ2) is 7.81. The van der Waals surface area contributed by atoms with Gasteiger partial charge in [-0.1, -0.05) is 23.7 Å². The lowest BCUT2D eigenvalue weighted by Gasteiger charge is -2.33. The summed E-state index contributed by atoms with van der Waals surface area (Å²) in [5, 5.41) is 3.31. The average Bonchev–Trinajstić information content (AvgIpc) is 2.45. The highest BCUT2D eigenvalue weighted by atomic mass is 35.5. The molecule has 0 saturated heterocycles. The molecule has 0 aromatic heterocycles. The van der Waals surface area contributed by atoms with Crippen LogP contribution in [-0.4, -0.2) is 32.1 Å². The van der Waals surface area contributed by atoms with Gasteiger partial charge in [-0.3, -0.25) is 0 Å². The summed E-state index contributed by atoms with van der Waals surface area (Å²) in [6, 6.07) is 5.71. The number of methoxy groups -OCH3 is 1. The minimum Gasteiger partial charge on any atom is -0.438 e. The molecule has 0 bridgehead atoms. The van der Waals surface area contributed by atoms with Gasteiger partial charge in [0.15, 0.2) is 6.10 Å². The predicted octanol–water partition coefficient (Wildman–Crippen LogP) is 3.45. The van der Waals surface area contributed by atoms with Crippen LogP contribution in [-0.2, 0) is 20.6 Å². The van der Waals surface area contributed by atoms with Crippen molar-refractivity contribution < 1.29 is 19.0 Å². The van der Waals surface area contributed by atoms with E-state index in [0.29, 0.717) is 5.02 Å². The zero-order valence-electron chi connectivity index (χ0n) is 13.1. The van der Waals surface area contributed by atoms with Crippen molar-refractivity contribution in [3.63, 3.8) is 0 Å². The summed E-state index contributed by atoms with van der Waals surface area (Å²) in [5.41, 5.74) is 1.92. The minimum absolute atomic E-state index is 0.000139. The monoisotopic (exact) mass is 327 g/mol. The largest absolute Gasteiger partial charge is 0.438 e. The molecule has 0 radical (unpaired) electrons. The molecule has 1 N–H and O–H groups in total. The lowest BCUT2D eigenvalue weighted by molar-refractivity contribution is -0.120. The molecule has 6 heteroatoms. The van der Waals surface area contributed by atoms with Crippen molar-refractivity contribution in [2.24, 2.45) is 0 Å². The summed E-state index contributed by atoms with van der Waals surface area (Å²) in [7, 11) is 1.56. The maximum absolute atomic E-state index is 12.0. The first-order valence-corrected chi connectivity index (χ1v) is 7.75. The fourth-order valence-corrected chi connectivity index (χ4v) is 2.90. The molecule has 122 valence electrons. The Balaban J connectivity index is 2.24. The van der Waals surface area contributed by atoms with Gasteiger partial charge in [-0.2, -0.15) is 0 Å². The number of nitrogens with one attached hydrogen (secondary N) is 1. The van der Waals surface area contributed by atoms with Crippen molar-refractivity contribution in [1.29, 1.82) is 0 Å². The van der Waals surface area contributed by atoms with Crippen molar-refractivity contribution in [3.8, 4) is 0 Å². The summed E-state index contributed by atoms with van der Waals surface area (Å²) >= 11 is 6.33. The molecular formula is C16H22ClNO4. The van der Waals surface area contributed by atoms with E-state index in [1.165, 1.54) is 0 Å². The lowest BCUT2D eigenvalue weighted by Crippen LogP contribution is -2.37. The molecule has 1 aromatic carbocycles. The van der Waals surface area contributed by atoms with Crippen LogP contribution in [0, 0.1) is 0 Å². The Morgan fingerprint density at radius 1 is 1.45 bits per heavy atom. The third-order valence-electron chi connectivity index (χ3n) is 3.50. The van der Waals surface area contributed by atoms with Gasteiger partial charge in [0, 0.05) is 23.7 Å². The van der Waals surface area contributed by atoms with Crippen LogP contribution in [0.1, 0.15) is 37.5 Å². The van der Waals surface area contributed by atoms with E-state index in [-0.39, 0.29) is 18.9 Å². The first kappa shape index (κ1) is 17.1. The standard InChI is InChI=1S/C16H22ClNO4/c1-10(2)18-16(19)22-15-13(21-9-20-3)8-7-11-5-4-6-12(17)14(11)15/h4-6,10,13,15H,7-9H2,1-3H3,(H,18,19). The van der Waals surface area contributed by atoms with E-state index >= 15 is 0 Å². The Hall–Kier alpha value is -1.30. The number of carbonyl (C=O) groups excluding carboxylic acids is 1. The third-order valence-corrected chi connectivity index (χ3v) is 3.83. The van der Waals surface area contributed by atoms with Gasteiger partial charge in [-0.05, 0) is 38.3 Å². The van der Waals surface area contributed by atoms with Gasteiger partial charge >= 0.3 is 6.09 Å². The van der Waals surface area contributed by atoms with Gasteiger partial charge in [0.05, 0.1) is 0 Å². The van der Waals surface area contributed by atoms with E-state index in [9.17, 15) is 4.79 Å². The van der Waals surface area contributed by atoms with Gasteiger partial charge in [-0.15, -0.1) is 0 Å². The normalized spacial score (nSPS) is 20.6. The number of fused-ring (bicyclic) bond motifs is 1. The van der Waals surface area contributed by atoms with Crippen LogP contribution in [0.3, 0.4) is 0 Å². The fraction of sp³-hybridized carbons (Fsp3) is 0.562. The molecule has 1 amide bonds. The molecule has 5 nitrogen and oxygen atoms in total. The first-order chi connectivity index (χ1) is 10.5. The second-order valence-corrected chi connectivity index (χ2v) is 6.00. The SMILES string of the molecule is COCOC1CCc2cccc(Cl)c2C1OC(=O)NC(C)C. The molecular weight excluding hydrogens is 306 g/mol. The smallest absolute Gasteiger partial charge is 0.408 e. The van der Waals surface area contributed by atoms with Gasteiger partial charge in [0.25, 0.3) is 0 Å². The van der Waals surface area contributed by atoms with Gasteiger partial charge in [0.2, 0.25) is 0 Å². The number of hydrogen-bond acceptors (Lipinski definition) is 4. The third kappa shape index (κ3) is 4.12. The maximum Gasteiger partial charge on any atom is 0.408 e. The van der Waals surface area contributed by atoms with E-state index in [4.69, 9.17) is 25.8 Å². The summed E-state index contributed by atoms with van der Waals surface area (Å²) in [6.07, 6.45) is 0.294. The van der Waals surface area contributed by atoms with Crippen LogP contribution in [0.15, 0.2) is 18.2 Å².